The summed E-state index contributed by atoms with van der Waals surface area (Å²) in [6.07, 6.45) is 6.13. The molecule has 4 nitrogen and oxygen atoms in total. The summed E-state index contributed by atoms with van der Waals surface area (Å²) in [6, 6.07) is 0. The van der Waals surface area contributed by atoms with Crippen molar-refractivity contribution in [2.24, 2.45) is 5.92 Å². The summed E-state index contributed by atoms with van der Waals surface area (Å²) < 4.78 is 4.99. The molecule has 1 aliphatic rings. The van der Waals surface area contributed by atoms with Crippen molar-refractivity contribution in [3.63, 3.8) is 0 Å². The summed E-state index contributed by atoms with van der Waals surface area (Å²) in [6.45, 7) is 0. The molecular formula is C10H12N2O2. The van der Waals surface area contributed by atoms with E-state index in [2.05, 4.69) is 9.97 Å². The number of Topliss-reactive ketones (excluding diaryl/α,β-unsaturated/α-hetero) is 1. The first-order valence-electron chi connectivity index (χ1n) is 4.72. The van der Waals surface area contributed by atoms with E-state index < -0.39 is 0 Å². The van der Waals surface area contributed by atoms with Crippen LogP contribution in [0.15, 0.2) is 12.4 Å². The summed E-state index contributed by atoms with van der Waals surface area (Å²) in [5, 5.41) is 0. The van der Waals surface area contributed by atoms with E-state index in [4.69, 9.17) is 4.74 Å². The second-order valence-electron chi connectivity index (χ2n) is 3.41. The zero-order chi connectivity index (χ0) is 9.97. The molecule has 1 saturated carbocycles. The highest BCUT2D eigenvalue weighted by Gasteiger charge is 2.29. The molecule has 1 aromatic heterocycles. The fourth-order valence-corrected chi connectivity index (χ4v) is 1.51. The molecule has 1 fully saturated rings. The molecule has 1 heterocycles. The van der Waals surface area contributed by atoms with Crippen LogP contribution in [0.1, 0.15) is 29.8 Å². The van der Waals surface area contributed by atoms with E-state index in [1.54, 1.807) is 0 Å². The van der Waals surface area contributed by atoms with Gasteiger partial charge in [-0.05, 0) is 12.8 Å². The standard InChI is InChI=1S/C10H12N2O2/c1-14-10-8(11-5-6-12-10)9(13)7-3-2-4-7/h5-7H,2-4H2,1H3. The summed E-state index contributed by atoms with van der Waals surface area (Å²) in [5.74, 6) is 0.547. The van der Waals surface area contributed by atoms with Crippen molar-refractivity contribution in [3.8, 4) is 5.88 Å². The average Bonchev–Trinajstić information content (AvgIpc) is 2.15. The molecule has 0 aromatic carbocycles. The van der Waals surface area contributed by atoms with E-state index in [1.807, 2.05) is 0 Å². The van der Waals surface area contributed by atoms with Gasteiger partial charge in [0.1, 0.15) is 0 Å². The molecule has 0 unspecified atom stereocenters. The summed E-state index contributed by atoms with van der Waals surface area (Å²) in [7, 11) is 1.50. The van der Waals surface area contributed by atoms with Gasteiger partial charge in [0.25, 0.3) is 0 Å². The van der Waals surface area contributed by atoms with Gasteiger partial charge in [0.15, 0.2) is 11.5 Å². The first-order chi connectivity index (χ1) is 6.83. The lowest BCUT2D eigenvalue weighted by molar-refractivity contribution is 0.0845. The van der Waals surface area contributed by atoms with Crippen molar-refractivity contribution in [3.05, 3.63) is 18.1 Å². The first-order valence-corrected chi connectivity index (χ1v) is 4.72. The molecule has 2 rings (SSSR count). The van der Waals surface area contributed by atoms with Crippen LogP contribution in [0.25, 0.3) is 0 Å². The average molecular weight is 192 g/mol. The fourth-order valence-electron chi connectivity index (χ4n) is 1.51. The normalized spacial score (nSPS) is 16.1. The minimum Gasteiger partial charge on any atom is -0.479 e. The van der Waals surface area contributed by atoms with Gasteiger partial charge in [-0.1, -0.05) is 6.42 Å². The van der Waals surface area contributed by atoms with E-state index in [-0.39, 0.29) is 11.7 Å². The molecule has 1 aliphatic carbocycles. The minimum absolute atomic E-state index is 0.0706. The van der Waals surface area contributed by atoms with E-state index in [9.17, 15) is 4.79 Å². The predicted octanol–water partition coefficient (Wildman–Crippen LogP) is 1.47. The van der Waals surface area contributed by atoms with E-state index in [0.29, 0.717) is 11.6 Å². The molecule has 1 aromatic rings. The second kappa shape index (κ2) is 3.74. The van der Waals surface area contributed by atoms with E-state index in [1.165, 1.54) is 19.5 Å². The number of rotatable bonds is 3. The Morgan fingerprint density at radius 3 is 2.71 bits per heavy atom. The monoisotopic (exact) mass is 192 g/mol. The van der Waals surface area contributed by atoms with Crippen LogP contribution in [0, 0.1) is 5.92 Å². The quantitative estimate of drug-likeness (QED) is 0.680. The van der Waals surface area contributed by atoms with Crippen LogP contribution in [0.2, 0.25) is 0 Å². The lowest BCUT2D eigenvalue weighted by Crippen LogP contribution is -2.23. The van der Waals surface area contributed by atoms with Gasteiger partial charge in [-0.15, -0.1) is 0 Å². The number of ether oxygens (including phenoxy) is 1. The number of ketones is 1. The molecule has 14 heavy (non-hydrogen) atoms. The van der Waals surface area contributed by atoms with Crippen molar-refractivity contribution >= 4 is 5.78 Å². The zero-order valence-corrected chi connectivity index (χ0v) is 8.06. The summed E-state index contributed by atoms with van der Waals surface area (Å²) in [5.41, 5.74) is 0.375. The fraction of sp³-hybridized carbons (Fsp3) is 0.500. The number of aromatic nitrogens is 2. The molecular weight excluding hydrogens is 180 g/mol. The second-order valence-corrected chi connectivity index (χ2v) is 3.41. The van der Waals surface area contributed by atoms with Crippen LogP contribution < -0.4 is 4.74 Å². The number of nitrogens with zero attached hydrogens (tertiary/aromatic N) is 2. The summed E-state index contributed by atoms with van der Waals surface area (Å²) in [4.78, 5) is 19.8. The van der Waals surface area contributed by atoms with Crippen molar-refractivity contribution in [2.75, 3.05) is 7.11 Å². The van der Waals surface area contributed by atoms with Gasteiger partial charge in [0.05, 0.1) is 7.11 Å². The molecule has 0 spiro atoms. The molecule has 0 radical (unpaired) electrons. The van der Waals surface area contributed by atoms with Crippen molar-refractivity contribution < 1.29 is 9.53 Å². The lowest BCUT2D eigenvalue weighted by Gasteiger charge is -2.23. The predicted molar refractivity (Wildman–Crippen MR) is 50.3 cm³/mol. The number of carbonyl (C=O) groups excluding carboxylic acids is 1. The van der Waals surface area contributed by atoms with Crippen LogP contribution in [0.3, 0.4) is 0 Å². The maximum absolute atomic E-state index is 11.8. The highest BCUT2D eigenvalue weighted by atomic mass is 16.5. The Morgan fingerprint density at radius 1 is 1.43 bits per heavy atom. The lowest BCUT2D eigenvalue weighted by atomic mass is 9.81. The Kier molecular flexibility index (Phi) is 2.43. The van der Waals surface area contributed by atoms with Crippen LogP contribution in [-0.4, -0.2) is 22.9 Å². The van der Waals surface area contributed by atoms with E-state index in [0.717, 1.165) is 19.3 Å². The molecule has 4 heteroatoms. The van der Waals surface area contributed by atoms with Gasteiger partial charge in [0, 0.05) is 18.3 Å². The Bertz CT molecular complexity index is 348. The maximum Gasteiger partial charge on any atom is 0.243 e. The molecule has 0 atom stereocenters. The SMILES string of the molecule is COc1nccnc1C(=O)C1CCC1. The topological polar surface area (TPSA) is 52.1 Å². The van der Waals surface area contributed by atoms with Crippen molar-refractivity contribution in [1.29, 1.82) is 0 Å². The third-order valence-electron chi connectivity index (χ3n) is 2.57. The van der Waals surface area contributed by atoms with Gasteiger partial charge < -0.3 is 4.74 Å². The summed E-state index contributed by atoms with van der Waals surface area (Å²) >= 11 is 0. The van der Waals surface area contributed by atoms with Crippen LogP contribution in [0.4, 0.5) is 0 Å². The van der Waals surface area contributed by atoms with Gasteiger partial charge in [-0.2, -0.15) is 0 Å². The first kappa shape index (κ1) is 9.12. The molecule has 0 amide bonds. The Balaban J connectivity index is 2.25. The minimum atomic E-state index is 0.0706. The number of carbonyl (C=O) groups is 1. The number of methoxy groups -OCH3 is 1. The van der Waals surface area contributed by atoms with Crippen LogP contribution >= 0.6 is 0 Å². The van der Waals surface area contributed by atoms with Gasteiger partial charge in [-0.3, -0.25) is 4.79 Å². The molecule has 0 N–H and O–H groups in total. The van der Waals surface area contributed by atoms with Gasteiger partial charge in [0.2, 0.25) is 5.88 Å². The Morgan fingerprint density at radius 2 is 2.14 bits per heavy atom. The Labute approximate surface area is 82.3 Å². The Hall–Kier alpha value is -1.45. The highest BCUT2D eigenvalue weighted by Crippen LogP contribution is 2.30. The smallest absolute Gasteiger partial charge is 0.243 e. The van der Waals surface area contributed by atoms with Crippen molar-refractivity contribution in [2.45, 2.75) is 19.3 Å². The zero-order valence-electron chi connectivity index (χ0n) is 8.06. The third-order valence-corrected chi connectivity index (χ3v) is 2.57. The third kappa shape index (κ3) is 1.47. The van der Waals surface area contributed by atoms with E-state index >= 15 is 0 Å². The number of hydrogen-bond donors (Lipinski definition) is 0. The van der Waals surface area contributed by atoms with Crippen molar-refractivity contribution in [1.82, 2.24) is 9.97 Å². The molecule has 0 aliphatic heterocycles. The van der Waals surface area contributed by atoms with Gasteiger partial charge >= 0.3 is 0 Å². The maximum atomic E-state index is 11.8. The van der Waals surface area contributed by atoms with Gasteiger partial charge in [-0.25, -0.2) is 9.97 Å². The molecule has 0 bridgehead atoms. The highest BCUT2D eigenvalue weighted by molar-refractivity contribution is 5.98. The van der Waals surface area contributed by atoms with Crippen LogP contribution in [0.5, 0.6) is 5.88 Å². The number of hydrogen-bond acceptors (Lipinski definition) is 4. The van der Waals surface area contributed by atoms with Crippen LogP contribution in [-0.2, 0) is 0 Å². The largest absolute Gasteiger partial charge is 0.479 e. The molecule has 74 valence electrons. The molecule has 0 saturated heterocycles.